The van der Waals surface area contributed by atoms with Gasteiger partial charge in [0.25, 0.3) is 0 Å². The van der Waals surface area contributed by atoms with Gasteiger partial charge in [0.1, 0.15) is 0 Å². The number of hydrogen-bond acceptors (Lipinski definition) is 1. The Hall–Kier alpha value is -1.31. The normalized spacial score (nSPS) is 15.2. The fraction of sp³-hybridized carbons (Fsp3) is 0.417. The van der Waals surface area contributed by atoms with Crippen LogP contribution in [0.3, 0.4) is 0 Å². The third kappa shape index (κ3) is 1.52. The van der Waals surface area contributed by atoms with Crippen molar-refractivity contribution in [2.75, 3.05) is 0 Å². The average Bonchev–Trinajstić information content (AvgIpc) is 2.16. The van der Waals surface area contributed by atoms with Gasteiger partial charge in [0, 0.05) is 11.8 Å². The van der Waals surface area contributed by atoms with E-state index in [1.165, 1.54) is 11.1 Å². The van der Waals surface area contributed by atoms with Gasteiger partial charge in [-0.3, -0.25) is 4.79 Å². The zero-order valence-electron chi connectivity index (χ0n) is 8.63. The van der Waals surface area contributed by atoms with Gasteiger partial charge in [-0.2, -0.15) is 0 Å². The van der Waals surface area contributed by atoms with Gasteiger partial charge in [0.05, 0.1) is 0 Å². The first kappa shape index (κ1) is 9.25. The zero-order valence-corrected chi connectivity index (χ0v) is 8.63. The molecule has 2 nitrogen and oxygen atoms in total. The third-order valence-electron chi connectivity index (χ3n) is 2.69. The number of aryl methyl sites for hydroxylation is 1. The molecule has 1 aliphatic rings. The lowest BCUT2D eigenvalue weighted by molar-refractivity contribution is 0.815. The van der Waals surface area contributed by atoms with Crippen molar-refractivity contribution in [2.45, 2.75) is 26.7 Å². The van der Waals surface area contributed by atoms with Crippen LogP contribution in [0.1, 0.15) is 31.5 Å². The molecule has 1 aromatic rings. The average molecular weight is 189 g/mol. The van der Waals surface area contributed by atoms with Gasteiger partial charge >= 0.3 is 0 Å². The predicted molar refractivity (Wildman–Crippen MR) is 58.2 cm³/mol. The van der Waals surface area contributed by atoms with Gasteiger partial charge in [-0.05, 0) is 29.9 Å². The van der Waals surface area contributed by atoms with Crippen LogP contribution in [-0.2, 0) is 6.42 Å². The van der Waals surface area contributed by atoms with Gasteiger partial charge in [-0.15, -0.1) is 0 Å². The van der Waals surface area contributed by atoms with Crippen LogP contribution in [0.25, 0.3) is 5.57 Å². The van der Waals surface area contributed by atoms with E-state index in [9.17, 15) is 4.79 Å². The van der Waals surface area contributed by atoms with Gasteiger partial charge < -0.3 is 4.98 Å². The van der Waals surface area contributed by atoms with Gasteiger partial charge in [-0.1, -0.05) is 26.0 Å². The zero-order chi connectivity index (χ0) is 10.1. The van der Waals surface area contributed by atoms with Crippen molar-refractivity contribution in [1.82, 2.24) is 4.98 Å². The molecule has 0 saturated carbocycles. The Morgan fingerprint density at radius 2 is 2.14 bits per heavy atom. The van der Waals surface area contributed by atoms with Crippen molar-refractivity contribution in [2.24, 2.45) is 5.92 Å². The Balaban J connectivity index is 2.56. The second-order valence-corrected chi connectivity index (χ2v) is 4.08. The second kappa shape index (κ2) is 3.45. The molecule has 0 atom stereocenters. The quantitative estimate of drug-likeness (QED) is 0.722. The van der Waals surface area contributed by atoms with Crippen LogP contribution in [0, 0.1) is 5.92 Å². The van der Waals surface area contributed by atoms with Crippen LogP contribution < -0.4 is 5.56 Å². The first-order valence-corrected chi connectivity index (χ1v) is 5.11. The van der Waals surface area contributed by atoms with Crippen molar-refractivity contribution in [3.8, 4) is 0 Å². The van der Waals surface area contributed by atoms with Crippen LogP contribution >= 0.6 is 0 Å². The fourth-order valence-electron chi connectivity index (χ4n) is 1.98. The Bertz CT molecular complexity index is 426. The number of hydrogen-bond donors (Lipinski definition) is 1. The minimum atomic E-state index is -0.00259. The van der Waals surface area contributed by atoms with E-state index in [0.717, 1.165) is 18.5 Å². The molecule has 0 bridgehead atoms. The smallest absolute Gasteiger partial charge is 0.248 e. The van der Waals surface area contributed by atoms with Crippen molar-refractivity contribution >= 4 is 5.57 Å². The van der Waals surface area contributed by atoms with Gasteiger partial charge in [-0.25, -0.2) is 0 Å². The Kier molecular flexibility index (Phi) is 2.28. The second-order valence-electron chi connectivity index (χ2n) is 4.08. The monoisotopic (exact) mass is 189 g/mol. The lowest BCUT2D eigenvalue weighted by atomic mass is 9.89. The molecule has 2 heteroatoms. The Morgan fingerprint density at radius 1 is 1.36 bits per heavy atom. The van der Waals surface area contributed by atoms with E-state index < -0.39 is 0 Å². The lowest BCUT2D eigenvalue weighted by Gasteiger charge is -2.19. The van der Waals surface area contributed by atoms with Crippen molar-refractivity contribution in [3.63, 3.8) is 0 Å². The highest BCUT2D eigenvalue weighted by Crippen LogP contribution is 2.28. The van der Waals surface area contributed by atoms with Gasteiger partial charge in [0.2, 0.25) is 5.56 Å². The molecule has 1 aromatic heterocycles. The molecule has 0 radical (unpaired) electrons. The van der Waals surface area contributed by atoms with Crippen LogP contribution in [0.4, 0.5) is 0 Å². The maximum absolute atomic E-state index is 11.2. The molecule has 0 fully saturated rings. The topological polar surface area (TPSA) is 32.9 Å². The number of nitrogens with one attached hydrogen (secondary N) is 1. The first-order valence-electron chi connectivity index (χ1n) is 5.11. The summed E-state index contributed by atoms with van der Waals surface area (Å²) >= 11 is 0. The third-order valence-corrected chi connectivity index (χ3v) is 2.69. The molecule has 0 spiro atoms. The van der Waals surface area contributed by atoms with E-state index >= 15 is 0 Å². The summed E-state index contributed by atoms with van der Waals surface area (Å²) in [6, 6.07) is 3.56. The summed E-state index contributed by atoms with van der Waals surface area (Å²) in [5.74, 6) is 0.479. The molecule has 1 N–H and O–H groups in total. The van der Waals surface area contributed by atoms with E-state index in [1.54, 1.807) is 6.07 Å². The van der Waals surface area contributed by atoms with E-state index in [0.29, 0.717) is 5.92 Å². The van der Waals surface area contributed by atoms with Crippen LogP contribution in [0.15, 0.2) is 23.0 Å². The standard InChI is InChI=1S/C12H15NO/c1-8(2)10-5-3-4-9-6-7-11(14)13-12(9)10/h5-8H,3-4H2,1-2H3,(H,13,14). The number of fused-ring (bicyclic) bond motifs is 1. The van der Waals surface area contributed by atoms with Crippen LogP contribution in [0.5, 0.6) is 0 Å². The number of rotatable bonds is 1. The number of pyridine rings is 1. The van der Waals surface area contributed by atoms with E-state index in [2.05, 4.69) is 24.9 Å². The van der Waals surface area contributed by atoms with Crippen LogP contribution in [0.2, 0.25) is 0 Å². The van der Waals surface area contributed by atoms with Crippen molar-refractivity contribution in [1.29, 1.82) is 0 Å². The summed E-state index contributed by atoms with van der Waals surface area (Å²) < 4.78 is 0. The largest absolute Gasteiger partial charge is 0.322 e. The molecule has 0 aromatic carbocycles. The maximum Gasteiger partial charge on any atom is 0.248 e. The van der Waals surface area contributed by atoms with E-state index in [4.69, 9.17) is 0 Å². The molecule has 0 unspecified atom stereocenters. The molecule has 1 heterocycles. The highest BCUT2D eigenvalue weighted by Gasteiger charge is 2.15. The minimum absolute atomic E-state index is 0.00259. The molecule has 0 aliphatic heterocycles. The predicted octanol–water partition coefficient (Wildman–Crippen LogP) is 2.36. The summed E-state index contributed by atoms with van der Waals surface area (Å²) in [7, 11) is 0. The highest BCUT2D eigenvalue weighted by atomic mass is 16.1. The molecular weight excluding hydrogens is 174 g/mol. The summed E-state index contributed by atoms with van der Waals surface area (Å²) in [6.45, 7) is 4.32. The first-order chi connectivity index (χ1) is 6.68. The summed E-state index contributed by atoms with van der Waals surface area (Å²) in [4.78, 5) is 14.2. The fourth-order valence-corrected chi connectivity index (χ4v) is 1.98. The van der Waals surface area contributed by atoms with Crippen molar-refractivity contribution < 1.29 is 0 Å². The molecule has 2 rings (SSSR count). The van der Waals surface area contributed by atoms with Crippen molar-refractivity contribution in [3.05, 3.63) is 39.8 Å². The maximum atomic E-state index is 11.2. The summed E-state index contributed by atoms with van der Waals surface area (Å²) in [5, 5.41) is 0. The Morgan fingerprint density at radius 3 is 2.86 bits per heavy atom. The lowest BCUT2D eigenvalue weighted by Crippen LogP contribution is -2.14. The number of aromatic amines is 1. The SMILES string of the molecule is CC(C)C1=CCCc2ccc(=O)[nH]c21. The number of aromatic nitrogens is 1. The molecule has 14 heavy (non-hydrogen) atoms. The number of H-pyrrole nitrogens is 1. The Labute approximate surface area is 83.7 Å². The van der Waals surface area contributed by atoms with Gasteiger partial charge in [0.15, 0.2) is 0 Å². The highest BCUT2D eigenvalue weighted by molar-refractivity contribution is 5.68. The molecule has 0 amide bonds. The molecule has 74 valence electrons. The molecule has 0 saturated heterocycles. The van der Waals surface area contributed by atoms with E-state index in [-0.39, 0.29) is 5.56 Å². The summed E-state index contributed by atoms with van der Waals surface area (Å²) in [6.07, 6.45) is 4.37. The van der Waals surface area contributed by atoms with E-state index in [1.807, 2.05) is 6.07 Å². The molecule has 1 aliphatic carbocycles. The molecular formula is C12H15NO. The number of allylic oxidation sites excluding steroid dienone is 2. The summed E-state index contributed by atoms with van der Waals surface area (Å²) in [5.41, 5.74) is 3.61. The van der Waals surface area contributed by atoms with Crippen LogP contribution in [-0.4, -0.2) is 4.98 Å². The minimum Gasteiger partial charge on any atom is -0.322 e.